The molecule has 4 heteroatoms. The lowest BCUT2D eigenvalue weighted by atomic mass is 9.96. The van der Waals surface area contributed by atoms with E-state index in [1.54, 1.807) is 0 Å². The van der Waals surface area contributed by atoms with E-state index in [0.717, 1.165) is 17.4 Å². The molecule has 2 aromatic rings. The summed E-state index contributed by atoms with van der Waals surface area (Å²) in [7, 11) is 2.11. The third-order valence-corrected chi connectivity index (χ3v) is 6.51. The normalized spacial score (nSPS) is 19.6. The largest absolute Gasteiger partial charge is 0.371 e. The van der Waals surface area contributed by atoms with Crippen LogP contribution in [0, 0.1) is 0 Å². The highest BCUT2D eigenvalue weighted by Gasteiger charge is 2.46. The number of anilines is 1. The maximum atomic E-state index is 12.6. The van der Waals surface area contributed by atoms with Gasteiger partial charge in [0.05, 0.1) is 11.1 Å². The highest BCUT2D eigenvalue weighted by molar-refractivity contribution is 9.10. The summed E-state index contributed by atoms with van der Waals surface area (Å²) in [6.07, 6.45) is 3.11. The lowest BCUT2D eigenvalue weighted by molar-refractivity contribution is -0.238. The van der Waals surface area contributed by atoms with Crippen molar-refractivity contribution < 1.29 is 5.21 Å². The quantitative estimate of drug-likeness (QED) is 0.510. The van der Waals surface area contributed by atoms with Gasteiger partial charge in [-0.25, -0.2) is 0 Å². The molecule has 0 saturated heterocycles. The molecule has 4 rings (SSSR count). The van der Waals surface area contributed by atoms with Gasteiger partial charge in [0, 0.05) is 23.8 Å². The summed E-state index contributed by atoms with van der Waals surface area (Å²) >= 11 is 3.58. The van der Waals surface area contributed by atoms with E-state index in [1.165, 1.54) is 38.6 Å². The average Bonchev–Trinajstić information content (AvgIpc) is 3.02. The SMILES string of the molecule is CN(CC1=CC(C)(C)N([O])C1(C)C)c1ccc2c(c1)Cc1cc(Br)ccc1-2. The van der Waals surface area contributed by atoms with Crippen molar-refractivity contribution in [2.45, 2.75) is 45.2 Å². The Kier molecular flexibility index (Phi) is 4.30. The molecule has 0 aromatic heterocycles. The van der Waals surface area contributed by atoms with Crippen molar-refractivity contribution in [1.82, 2.24) is 5.06 Å². The smallest absolute Gasteiger partial charge is 0.0673 e. The standard InChI is InChI=1S/C23H26BrN2O/c1-22(2)13-17(23(3,4)26(22)27)14-25(5)19-7-9-21-16(12-19)10-15-11-18(24)6-8-20(15)21/h6-9,11-13H,10,14H2,1-5H3. The fraction of sp³-hybridized carbons (Fsp3) is 0.391. The van der Waals surface area contributed by atoms with E-state index >= 15 is 0 Å². The van der Waals surface area contributed by atoms with Crippen molar-refractivity contribution in [3.05, 3.63) is 63.6 Å². The summed E-state index contributed by atoms with van der Waals surface area (Å²) in [5.74, 6) is 0. The predicted octanol–water partition coefficient (Wildman–Crippen LogP) is 5.60. The van der Waals surface area contributed by atoms with Gasteiger partial charge in [0.25, 0.3) is 0 Å². The van der Waals surface area contributed by atoms with E-state index in [0.29, 0.717) is 0 Å². The molecule has 0 N–H and O–H groups in total. The van der Waals surface area contributed by atoms with Gasteiger partial charge in [0.1, 0.15) is 0 Å². The van der Waals surface area contributed by atoms with Gasteiger partial charge in [0.15, 0.2) is 0 Å². The Labute approximate surface area is 170 Å². The zero-order valence-corrected chi connectivity index (χ0v) is 18.2. The zero-order valence-electron chi connectivity index (χ0n) is 16.6. The van der Waals surface area contributed by atoms with E-state index in [2.05, 4.69) is 70.4 Å². The van der Waals surface area contributed by atoms with Crippen molar-refractivity contribution >= 4 is 21.6 Å². The van der Waals surface area contributed by atoms with Gasteiger partial charge in [-0.3, -0.25) is 0 Å². The van der Waals surface area contributed by atoms with Crippen LogP contribution in [0.4, 0.5) is 5.69 Å². The summed E-state index contributed by atoms with van der Waals surface area (Å²) in [4.78, 5) is 2.25. The predicted molar refractivity (Wildman–Crippen MR) is 114 cm³/mol. The highest BCUT2D eigenvalue weighted by atomic mass is 79.9. The van der Waals surface area contributed by atoms with Gasteiger partial charge in [0.2, 0.25) is 0 Å². The molecular weight excluding hydrogens is 400 g/mol. The second-order valence-electron chi connectivity index (χ2n) is 8.85. The van der Waals surface area contributed by atoms with Crippen LogP contribution in [0.3, 0.4) is 0 Å². The van der Waals surface area contributed by atoms with Crippen molar-refractivity contribution in [2.24, 2.45) is 0 Å². The summed E-state index contributed by atoms with van der Waals surface area (Å²) in [6, 6.07) is 13.3. The molecule has 0 fully saturated rings. The molecule has 1 aliphatic carbocycles. The van der Waals surface area contributed by atoms with Crippen molar-refractivity contribution in [1.29, 1.82) is 0 Å². The van der Waals surface area contributed by atoms with E-state index in [9.17, 15) is 5.21 Å². The summed E-state index contributed by atoms with van der Waals surface area (Å²) in [5, 5.41) is 13.8. The maximum absolute atomic E-state index is 12.6. The maximum Gasteiger partial charge on any atom is 0.0673 e. The number of hydrogen-bond acceptors (Lipinski definition) is 2. The van der Waals surface area contributed by atoms with E-state index < -0.39 is 11.1 Å². The first-order valence-corrected chi connectivity index (χ1v) is 10.2. The summed E-state index contributed by atoms with van der Waals surface area (Å²) < 4.78 is 1.13. The molecule has 0 amide bonds. The number of halogens is 1. The van der Waals surface area contributed by atoms with E-state index in [-0.39, 0.29) is 0 Å². The summed E-state index contributed by atoms with van der Waals surface area (Å²) in [5.41, 5.74) is 6.87. The molecule has 0 atom stereocenters. The van der Waals surface area contributed by atoms with Gasteiger partial charge < -0.3 is 4.90 Å². The summed E-state index contributed by atoms with van der Waals surface area (Å²) in [6.45, 7) is 8.77. The molecule has 1 heterocycles. The van der Waals surface area contributed by atoms with Crippen LogP contribution < -0.4 is 4.90 Å². The fourth-order valence-electron chi connectivity index (χ4n) is 4.50. The molecule has 0 unspecified atom stereocenters. The van der Waals surface area contributed by atoms with Crippen molar-refractivity contribution in [2.75, 3.05) is 18.5 Å². The Morgan fingerprint density at radius 3 is 2.30 bits per heavy atom. The van der Waals surface area contributed by atoms with E-state index in [1.807, 2.05) is 27.7 Å². The number of hydrogen-bond donors (Lipinski definition) is 0. The van der Waals surface area contributed by atoms with Gasteiger partial charge in [-0.05, 0) is 86.2 Å². The molecule has 1 aliphatic heterocycles. The molecule has 2 aromatic carbocycles. The monoisotopic (exact) mass is 425 g/mol. The molecule has 3 nitrogen and oxygen atoms in total. The second kappa shape index (κ2) is 6.20. The second-order valence-corrected chi connectivity index (χ2v) is 9.77. The van der Waals surface area contributed by atoms with E-state index in [4.69, 9.17) is 0 Å². The highest BCUT2D eigenvalue weighted by Crippen LogP contribution is 2.41. The van der Waals surface area contributed by atoms with Crippen LogP contribution >= 0.6 is 15.9 Å². The van der Waals surface area contributed by atoms with Gasteiger partial charge in [-0.2, -0.15) is 0 Å². The van der Waals surface area contributed by atoms with Crippen molar-refractivity contribution in [3.8, 4) is 11.1 Å². The third-order valence-electron chi connectivity index (χ3n) is 6.02. The molecular formula is C23H26BrN2O. The molecule has 0 spiro atoms. The number of fused-ring (bicyclic) bond motifs is 3. The first-order chi connectivity index (χ1) is 12.6. The van der Waals surface area contributed by atoms with Gasteiger partial charge in [-0.1, -0.05) is 34.1 Å². The van der Waals surface area contributed by atoms with Crippen LogP contribution in [0.1, 0.15) is 38.8 Å². The minimum atomic E-state index is -0.475. The Hall–Kier alpha value is -1.62. The fourth-order valence-corrected chi connectivity index (χ4v) is 4.91. The third kappa shape index (κ3) is 3.04. The average molecular weight is 426 g/mol. The minimum absolute atomic E-state index is 0.452. The molecule has 1 radical (unpaired) electrons. The van der Waals surface area contributed by atoms with Crippen LogP contribution in [-0.4, -0.2) is 29.7 Å². The topological polar surface area (TPSA) is 26.4 Å². The lowest BCUT2D eigenvalue weighted by Gasteiger charge is -2.35. The Morgan fingerprint density at radius 1 is 1.04 bits per heavy atom. The van der Waals surface area contributed by atoms with Crippen LogP contribution in [0.2, 0.25) is 0 Å². The number of hydroxylamine groups is 2. The first-order valence-electron chi connectivity index (χ1n) is 9.42. The molecule has 2 aliphatic rings. The molecule has 27 heavy (non-hydrogen) atoms. The van der Waals surface area contributed by atoms with Crippen LogP contribution in [0.25, 0.3) is 11.1 Å². The van der Waals surface area contributed by atoms with Crippen LogP contribution in [-0.2, 0) is 11.6 Å². The number of likely N-dealkylation sites (N-methyl/N-ethyl adjacent to an activating group) is 1. The lowest BCUT2D eigenvalue weighted by Crippen LogP contribution is -2.47. The molecule has 0 saturated carbocycles. The number of rotatable bonds is 3. The number of nitrogens with zero attached hydrogens (tertiary/aromatic N) is 2. The molecule has 0 bridgehead atoms. The Morgan fingerprint density at radius 2 is 1.67 bits per heavy atom. The Bertz CT molecular complexity index is 945. The first kappa shape index (κ1) is 18.7. The Balaban J connectivity index is 1.59. The van der Waals surface area contributed by atoms with Crippen molar-refractivity contribution in [3.63, 3.8) is 0 Å². The van der Waals surface area contributed by atoms with Crippen LogP contribution in [0.15, 0.2) is 52.5 Å². The molecule has 141 valence electrons. The van der Waals surface area contributed by atoms with Gasteiger partial charge in [-0.15, -0.1) is 10.3 Å². The minimum Gasteiger partial charge on any atom is -0.371 e. The van der Waals surface area contributed by atoms with Gasteiger partial charge >= 0.3 is 0 Å². The number of benzene rings is 2. The van der Waals surface area contributed by atoms with Crippen LogP contribution in [0.5, 0.6) is 0 Å². The zero-order chi connectivity index (χ0) is 19.6.